The van der Waals surface area contributed by atoms with E-state index in [4.69, 9.17) is 5.73 Å². The normalized spacial score (nSPS) is 22.2. The number of nitrogens with zero attached hydrogens (tertiary/aromatic N) is 1. The molecule has 20 heavy (non-hydrogen) atoms. The van der Waals surface area contributed by atoms with Crippen molar-refractivity contribution in [2.24, 2.45) is 5.73 Å². The van der Waals surface area contributed by atoms with Crippen molar-refractivity contribution in [1.82, 2.24) is 0 Å². The number of nitro groups is 1. The van der Waals surface area contributed by atoms with Crippen LogP contribution in [0.4, 0.5) is 11.4 Å². The number of amides is 1. The van der Waals surface area contributed by atoms with Crippen molar-refractivity contribution in [1.29, 1.82) is 0 Å². The van der Waals surface area contributed by atoms with Gasteiger partial charge in [0.25, 0.3) is 5.69 Å². The van der Waals surface area contributed by atoms with Gasteiger partial charge in [-0.05, 0) is 25.0 Å². The van der Waals surface area contributed by atoms with E-state index in [-0.39, 0.29) is 23.0 Å². The number of rotatable bonds is 4. The van der Waals surface area contributed by atoms with Crippen LogP contribution in [0.15, 0.2) is 18.2 Å². The number of nitro benzene ring substituents is 1. The molecule has 0 spiro atoms. The maximum atomic E-state index is 11.2. The van der Waals surface area contributed by atoms with Crippen molar-refractivity contribution in [2.75, 3.05) is 5.32 Å². The summed E-state index contributed by atoms with van der Waals surface area (Å²) in [5, 5.41) is 23.9. The van der Waals surface area contributed by atoms with E-state index in [1.165, 1.54) is 18.2 Å². The zero-order valence-corrected chi connectivity index (χ0v) is 10.9. The lowest BCUT2D eigenvalue weighted by Gasteiger charge is -2.29. The van der Waals surface area contributed by atoms with Crippen LogP contribution in [0.3, 0.4) is 0 Å². The summed E-state index contributed by atoms with van der Waals surface area (Å²) < 4.78 is 0. The lowest BCUT2D eigenvalue weighted by atomic mass is 9.92. The van der Waals surface area contributed by atoms with Gasteiger partial charge in [0.05, 0.1) is 17.1 Å². The van der Waals surface area contributed by atoms with Gasteiger partial charge in [-0.1, -0.05) is 12.8 Å². The number of hydrogen-bond acceptors (Lipinski definition) is 5. The Labute approximate surface area is 115 Å². The van der Waals surface area contributed by atoms with Gasteiger partial charge < -0.3 is 16.2 Å². The van der Waals surface area contributed by atoms with E-state index in [1.807, 2.05) is 0 Å². The van der Waals surface area contributed by atoms with Crippen LogP contribution in [0.1, 0.15) is 36.0 Å². The third-order valence-corrected chi connectivity index (χ3v) is 3.55. The monoisotopic (exact) mass is 279 g/mol. The molecule has 1 aromatic carbocycles. The maximum Gasteiger partial charge on any atom is 0.292 e. The molecule has 0 aromatic heterocycles. The molecule has 0 aliphatic heterocycles. The smallest absolute Gasteiger partial charge is 0.292 e. The van der Waals surface area contributed by atoms with E-state index >= 15 is 0 Å². The fourth-order valence-electron chi connectivity index (χ4n) is 2.44. The third-order valence-electron chi connectivity index (χ3n) is 3.55. The Morgan fingerprint density at radius 3 is 2.70 bits per heavy atom. The molecule has 4 N–H and O–H groups in total. The summed E-state index contributed by atoms with van der Waals surface area (Å²) in [6, 6.07) is 3.69. The van der Waals surface area contributed by atoms with Gasteiger partial charge in [0, 0.05) is 11.6 Å². The van der Waals surface area contributed by atoms with E-state index in [2.05, 4.69) is 5.32 Å². The van der Waals surface area contributed by atoms with Crippen molar-refractivity contribution >= 4 is 17.3 Å². The van der Waals surface area contributed by atoms with Crippen molar-refractivity contribution in [3.05, 3.63) is 33.9 Å². The Morgan fingerprint density at radius 1 is 1.40 bits per heavy atom. The van der Waals surface area contributed by atoms with E-state index < -0.39 is 16.9 Å². The molecule has 7 nitrogen and oxygen atoms in total. The number of primary amides is 1. The van der Waals surface area contributed by atoms with E-state index in [1.54, 1.807) is 0 Å². The van der Waals surface area contributed by atoms with Crippen molar-refractivity contribution < 1.29 is 14.8 Å². The summed E-state index contributed by atoms with van der Waals surface area (Å²) in [7, 11) is 0. The third kappa shape index (κ3) is 3.05. The van der Waals surface area contributed by atoms with Gasteiger partial charge in [-0.25, -0.2) is 0 Å². The van der Waals surface area contributed by atoms with Crippen LogP contribution in [0.5, 0.6) is 0 Å². The highest BCUT2D eigenvalue weighted by Crippen LogP contribution is 2.29. The first-order valence-electron chi connectivity index (χ1n) is 6.52. The molecular weight excluding hydrogens is 262 g/mol. The number of benzene rings is 1. The maximum absolute atomic E-state index is 11.2. The molecular formula is C13H17N3O4. The number of nitrogens with two attached hydrogens (primary N) is 1. The number of nitrogens with one attached hydrogen (secondary N) is 1. The summed E-state index contributed by atoms with van der Waals surface area (Å²) in [5.41, 5.74) is 5.47. The van der Waals surface area contributed by atoms with Gasteiger partial charge in [-0.3, -0.25) is 14.9 Å². The molecule has 2 rings (SSSR count). The van der Waals surface area contributed by atoms with E-state index in [0.717, 1.165) is 19.3 Å². The Morgan fingerprint density at radius 2 is 2.10 bits per heavy atom. The molecule has 108 valence electrons. The number of aliphatic hydroxyl groups excluding tert-OH is 1. The minimum atomic E-state index is -0.646. The predicted molar refractivity (Wildman–Crippen MR) is 73.5 cm³/mol. The summed E-state index contributed by atoms with van der Waals surface area (Å²) in [5.74, 6) is -0.646. The number of carbonyl (C=O) groups is 1. The number of hydrogen-bond donors (Lipinski definition) is 3. The van der Waals surface area contributed by atoms with Crippen molar-refractivity contribution in [3.63, 3.8) is 0 Å². The van der Waals surface area contributed by atoms with Gasteiger partial charge in [0.15, 0.2) is 0 Å². The van der Waals surface area contributed by atoms with Crippen LogP contribution >= 0.6 is 0 Å². The topological polar surface area (TPSA) is 118 Å². The van der Waals surface area contributed by atoms with E-state index in [9.17, 15) is 20.0 Å². The second-order valence-corrected chi connectivity index (χ2v) is 4.96. The summed E-state index contributed by atoms with van der Waals surface area (Å²) in [6.07, 6.45) is 2.77. The average molecular weight is 279 g/mol. The first-order chi connectivity index (χ1) is 9.49. The van der Waals surface area contributed by atoms with Crippen molar-refractivity contribution in [2.45, 2.75) is 37.8 Å². The summed E-state index contributed by atoms with van der Waals surface area (Å²) in [6.45, 7) is 0. The Balaban J connectivity index is 2.29. The first kappa shape index (κ1) is 14.3. The van der Waals surface area contributed by atoms with Crippen molar-refractivity contribution in [3.8, 4) is 0 Å². The molecule has 0 bridgehead atoms. The van der Waals surface area contributed by atoms with Crippen LogP contribution < -0.4 is 11.1 Å². The van der Waals surface area contributed by atoms with Gasteiger partial charge in [0.2, 0.25) is 5.91 Å². The fraction of sp³-hybridized carbons (Fsp3) is 0.462. The number of aliphatic hydroxyl groups is 1. The summed E-state index contributed by atoms with van der Waals surface area (Å²) in [4.78, 5) is 21.7. The molecule has 1 aliphatic carbocycles. The number of anilines is 1. The zero-order chi connectivity index (χ0) is 14.7. The second kappa shape index (κ2) is 5.87. The fourth-order valence-corrected chi connectivity index (χ4v) is 2.44. The van der Waals surface area contributed by atoms with Crippen LogP contribution in [0.25, 0.3) is 0 Å². The average Bonchev–Trinajstić information content (AvgIpc) is 2.41. The zero-order valence-electron chi connectivity index (χ0n) is 10.9. The van der Waals surface area contributed by atoms with Crippen LogP contribution in [0.2, 0.25) is 0 Å². The summed E-state index contributed by atoms with van der Waals surface area (Å²) >= 11 is 0. The Bertz CT molecular complexity index is 532. The number of carbonyl (C=O) groups excluding carboxylic acids is 1. The highest BCUT2D eigenvalue weighted by atomic mass is 16.6. The van der Waals surface area contributed by atoms with Gasteiger partial charge in [-0.15, -0.1) is 0 Å². The van der Waals surface area contributed by atoms with Gasteiger partial charge >= 0.3 is 0 Å². The Hall–Kier alpha value is -2.15. The predicted octanol–water partition coefficient (Wildman–Crippen LogP) is 1.41. The second-order valence-electron chi connectivity index (χ2n) is 4.96. The largest absolute Gasteiger partial charge is 0.391 e. The van der Waals surface area contributed by atoms with Crippen LogP contribution in [-0.2, 0) is 0 Å². The SMILES string of the molecule is NC(=O)c1ccc([N+](=O)[O-])c(NC2CCCCC2O)c1. The molecule has 7 heteroatoms. The molecule has 1 aromatic rings. The molecule has 2 unspecified atom stereocenters. The highest BCUT2D eigenvalue weighted by Gasteiger charge is 2.25. The standard InChI is InChI=1S/C13H17N3O4/c14-13(18)8-5-6-11(16(19)20)10(7-8)15-9-3-1-2-4-12(9)17/h5-7,9,12,15,17H,1-4H2,(H2,14,18). The Kier molecular flexibility index (Phi) is 4.19. The molecule has 0 saturated heterocycles. The van der Waals surface area contributed by atoms with Crippen LogP contribution in [0, 0.1) is 10.1 Å². The first-order valence-corrected chi connectivity index (χ1v) is 6.52. The molecule has 0 heterocycles. The molecule has 1 amide bonds. The lowest BCUT2D eigenvalue weighted by Crippen LogP contribution is -2.36. The lowest BCUT2D eigenvalue weighted by molar-refractivity contribution is -0.384. The molecule has 0 radical (unpaired) electrons. The quantitative estimate of drug-likeness (QED) is 0.568. The molecule has 1 fully saturated rings. The molecule has 1 aliphatic rings. The van der Waals surface area contributed by atoms with E-state index in [0.29, 0.717) is 6.42 Å². The van der Waals surface area contributed by atoms with Gasteiger partial charge in [0.1, 0.15) is 5.69 Å². The molecule has 2 atom stereocenters. The van der Waals surface area contributed by atoms with Crippen LogP contribution in [-0.4, -0.2) is 28.1 Å². The minimum absolute atomic E-state index is 0.132. The highest BCUT2D eigenvalue weighted by molar-refractivity contribution is 5.94. The molecule has 1 saturated carbocycles. The van der Waals surface area contributed by atoms with Gasteiger partial charge in [-0.2, -0.15) is 0 Å². The minimum Gasteiger partial charge on any atom is -0.391 e.